The summed E-state index contributed by atoms with van der Waals surface area (Å²) in [5.74, 6) is 0.904. The number of likely N-dealkylation sites (N-methyl/N-ethyl adjacent to an activating group) is 1. The topological polar surface area (TPSA) is 85.8 Å². The predicted molar refractivity (Wildman–Crippen MR) is 101 cm³/mol. The van der Waals surface area contributed by atoms with Crippen molar-refractivity contribution in [3.8, 4) is 0 Å². The lowest BCUT2D eigenvalue weighted by Gasteiger charge is -2.31. The van der Waals surface area contributed by atoms with Crippen LogP contribution in [0.15, 0.2) is 4.99 Å². The minimum absolute atomic E-state index is 0.0316. The van der Waals surface area contributed by atoms with E-state index in [1.54, 1.807) is 14.1 Å². The van der Waals surface area contributed by atoms with E-state index in [4.69, 9.17) is 0 Å². The first-order valence-corrected chi connectivity index (χ1v) is 9.14. The van der Waals surface area contributed by atoms with Crippen LogP contribution in [0.5, 0.6) is 0 Å². The van der Waals surface area contributed by atoms with Gasteiger partial charge in [0, 0.05) is 25.7 Å². The fourth-order valence-electron chi connectivity index (χ4n) is 2.78. The number of carbonyl (C=O) groups excluding carboxylic acids is 2. The van der Waals surface area contributed by atoms with Gasteiger partial charge in [-0.25, -0.2) is 4.99 Å². The molecule has 0 aromatic rings. The Kier molecular flexibility index (Phi) is 8.19. The molecule has 0 aromatic carbocycles. The fraction of sp³-hybridized carbons (Fsp3) is 0.833. The summed E-state index contributed by atoms with van der Waals surface area (Å²) < 4.78 is 0. The molecule has 2 atom stereocenters. The number of aliphatic imine (C=N–C) groups is 1. The molecule has 0 saturated heterocycles. The molecule has 2 unspecified atom stereocenters. The van der Waals surface area contributed by atoms with Crippen molar-refractivity contribution in [2.75, 3.05) is 27.2 Å². The van der Waals surface area contributed by atoms with E-state index in [9.17, 15) is 9.59 Å². The Morgan fingerprint density at radius 2 is 1.80 bits per heavy atom. The molecule has 2 amide bonds. The molecule has 0 bridgehead atoms. The van der Waals surface area contributed by atoms with Crippen LogP contribution in [0.3, 0.4) is 0 Å². The molecule has 7 heteroatoms. The van der Waals surface area contributed by atoms with Gasteiger partial charge in [-0.3, -0.25) is 9.59 Å². The van der Waals surface area contributed by atoms with E-state index in [0.717, 1.165) is 6.42 Å². The summed E-state index contributed by atoms with van der Waals surface area (Å²) in [6, 6.07) is 0.320. The minimum atomic E-state index is -0.285. The SMILES string of the molecule is CC1CCCCC1NC(=NCC(=O)NC(C)(C)C)NCC(=O)N(C)C. The number of nitrogens with zero attached hydrogens (tertiary/aromatic N) is 2. The molecular weight excluding hydrogens is 318 g/mol. The Bertz CT molecular complexity index is 482. The Morgan fingerprint density at radius 1 is 1.16 bits per heavy atom. The number of carbonyl (C=O) groups is 2. The van der Waals surface area contributed by atoms with Crippen molar-refractivity contribution in [3.05, 3.63) is 0 Å². The van der Waals surface area contributed by atoms with Crippen molar-refractivity contribution in [3.63, 3.8) is 0 Å². The van der Waals surface area contributed by atoms with Crippen LogP contribution >= 0.6 is 0 Å². The summed E-state index contributed by atoms with van der Waals surface area (Å²) >= 11 is 0. The van der Waals surface area contributed by atoms with Crippen molar-refractivity contribution in [2.45, 2.75) is 65.0 Å². The maximum absolute atomic E-state index is 12.0. The van der Waals surface area contributed by atoms with Crippen molar-refractivity contribution < 1.29 is 9.59 Å². The maximum atomic E-state index is 12.0. The number of hydrogen-bond donors (Lipinski definition) is 3. The van der Waals surface area contributed by atoms with E-state index in [1.165, 1.54) is 24.2 Å². The summed E-state index contributed by atoms with van der Waals surface area (Å²) in [6.45, 7) is 8.22. The second-order valence-electron chi connectivity index (χ2n) is 8.12. The van der Waals surface area contributed by atoms with Gasteiger partial charge in [0.25, 0.3) is 0 Å². The normalized spacial score (nSPS) is 21.4. The van der Waals surface area contributed by atoms with Crippen molar-refractivity contribution in [1.29, 1.82) is 0 Å². The Morgan fingerprint density at radius 3 is 2.36 bits per heavy atom. The summed E-state index contributed by atoms with van der Waals surface area (Å²) in [4.78, 5) is 29.8. The number of nitrogens with one attached hydrogen (secondary N) is 3. The van der Waals surface area contributed by atoms with Gasteiger partial charge in [0.15, 0.2) is 5.96 Å². The van der Waals surface area contributed by atoms with Crippen molar-refractivity contribution >= 4 is 17.8 Å². The molecule has 0 heterocycles. The molecule has 0 spiro atoms. The van der Waals surface area contributed by atoms with Gasteiger partial charge in [0.05, 0.1) is 6.54 Å². The van der Waals surface area contributed by atoms with Crippen LogP contribution in [0.1, 0.15) is 53.4 Å². The highest BCUT2D eigenvalue weighted by Crippen LogP contribution is 2.23. The van der Waals surface area contributed by atoms with Crippen LogP contribution in [0, 0.1) is 5.92 Å². The maximum Gasteiger partial charge on any atom is 0.242 e. The van der Waals surface area contributed by atoms with Crippen LogP contribution in [0.2, 0.25) is 0 Å². The van der Waals surface area contributed by atoms with E-state index < -0.39 is 0 Å². The lowest BCUT2D eigenvalue weighted by molar-refractivity contribution is -0.127. The molecule has 0 aromatic heterocycles. The first-order chi connectivity index (χ1) is 11.6. The van der Waals surface area contributed by atoms with Gasteiger partial charge >= 0.3 is 0 Å². The molecule has 1 saturated carbocycles. The van der Waals surface area contributed by atoms with Crippen LogP contribution in [0.25, 0.3) is 0 Å². The largest absolute Gasteiger partial charge is 0.353 e. The Hall–Kier alpha value is -1.79. The summed E-state index contributed by atoms with van der Waals surface area (Å²) in [6.07, 6.45) is 4.71. The van der Waals surface area contributed by atoms with Crippen LogP contribution in [-0.2, 0) is 9.59 Å². The van der Waals surface area contributed by atoms with Crippen molar-refractivity contribution in [1.82, 2.24) is 20.9 Å². The van der Waals surface area contributed by atoms with E-state index in [2.05, 4.69) is 27.9 Å². The molecular formula is C18H35N5O2. The first kappa shape index (κ1) is 21.3. The smallest absolute Gasteiger partial charge is 0.242 e. The number of amides is 2. The molecule has 1 rings (SSSR count). The lowest BCUT2D eigenvalue weighted by Crippen LogP contribution is -2.50. The predicted octanol–water partition coefficient (Wildman–Crippen LogP) is 1.10. The molecule has 3 N–H and O–H groups in total. The van der Waals surface area contributed by atoms with E-state index >= 15 is 0 Å². The van der Waals surface area contributed by atoms with Gasteiger partial charge in [0.1, 0.15) is 6.54 Å². The van der Waals surface area contributed by atoms with Crippen LogP contribution in [0.4, 0.5) is 0 Å². The molecule has 0 aliphatic heterocycles. The quantitative estimate of drug-likeness (QED) is 0.510. The zero-order valence-corrected chi connectivity index (χ0v) is 16.6. The third kappa shape index (κ3) is 8.74. The number of guanidine groups is 1. The van der Waals surface area contributed by atoms with Crippen LogP contribution < -0.4 is 16.0 Å². The number of hydrogen-bond acceptors (Lipinski definition) is 3. The highest BCUT2D eigenvalue weighted by Gasteiger charge is 2.22. The zero-order chi connectivity index (χ0) is 19.0. The molecule has 25 heavy (non-hydrogen) atoms. The number of rotatable bonds is 5. The summed E-state index contributed by atoms with van der Waals surface area (Å²) in [5.41, 5.74) is -0.285. The van der Waals surface area contributed by atoms with Gasteiger partial charge in [-0.05, 0) is 39.5 Å². The average molecular weight is 354 g/mol. The van der Waals surface area contributed by atoms with Gasteiger partial charge in [-0.15, -0.1) is 0 Å². The standard InChI is InChI=1S/C18H35N5O2/c1-13-9-7-8-10-14(13)21-17(20-12-16(25)23(5)6)19-11-15(24)22-18(2,3)4/h13-14H,7-12H2,1-6H3,(H,22,24)(H2,19,20,21). The highest BCUT2D eigenvalue weighted by molar-refractivity contribution is 5.88. The molecule has 1 aliphatic carbocycles. The summed E-state index contributed by atoms with van der Waals surface area (Å²) in [7, 11) is 3.43. The van der Waals surface area contributed by atoms with E-state index in [-0.39, 0.29) is 30.4 Å². The minimum Gasteiger partial charge on any atom is -0.353 e. The molecule has 1 fully saturated rings. The molecule has 1 aliphatic rings. The monoisotopic (exact) mass is 353 g/mol. The van der Waals surface area contributed by atoms with Gasteiger partial charge in [0.2, 0.25) is 11.8 Å². The van der Waals surface area contributed by atoms with Gasteiger partial charge in [-0.1, -0.05) is 19.8 Å². The van der Waals surface area contributed by atoms with Gasteiger partial charge in [-0.2, -0.15) is 0 Å². The fourth-order valence-corrected chi connectivity index (χ4v) is 2.78. The Balaban J connectivity index is 2.70. The zero-order valence-electron chi connectivity index (χ0n) is 16.6. The first-order valence-electron chi connectivity index (χ1n) is 9.14. The lowest BCUT2D eigenvalue weighted by atomic mass is 9.86. The third-order valence-electron chi connectivity index (χ3n) is 4.23. The second-order valence-corrected chi connectivity index (χ2v) is 8.12. The highest BCUT2D eigenvalue weighted by atomic mass is 16.2. The molecule has 144 valence electrons. The second kappa shape index (κ2) is 9.63. The summed E-state index contributed by atoms with van der Waals surface area (Å²) in [5, 5.41) is 9.35. The molecule has 7 nitrogen and oxygen atoms in total. The Labute approximate surface area is 152 Å². The van der Waals surface area contributed by atoms with Crippen LogP contribution in [-0.4, -0.2) is 61.4 Å². The van der Waals surface area contributed by atoms with E-state index in [0.29, 0.717) is 17.9 Å². The average Bonchev–Trinajstić information content (AvgIpc) is 2.49. The molecule has 0 radical (unpaired) electrons. The van der Waals surface area contributed by atoms with Gasteiger partial charge < -0.3 is 20.9 Å². The third-order valence-corrected chi connectivity index (χ3v) is 4.23. The van der Waals surface area contributed by atoms with Crippen molar-refractivity contribution in [2.24, 2.45) is 10.9 Å². The van der Waals surface area contributed by atoms with E-state index in [1.807, 2.05) is 20.8 Å².